The Kier molecular flexibility index (Phi) is 5.75. The van der Waals surface area contributed by atoms with Crippen molar-refractivity contribution in [2.24, 2.45) is 0 Å². The van der Waals surface area contributed by atoms with Gasteiger partial charge in [-0.15, -0.1) is 0 Å². The quantitative estimate of drug-likeness (QED) is 0.376. The van der Waals surface area contributed by atoms with Crippen LogP contribution in [0.2, 0.25) is 0 Å². The first kappa shape index (κ1) is 18.0. The summed E-state index contributed by atoms with van der Waals surface area (Å²) in [7, 11) is 1.34. The maximum Gasteiger partial charge on any atom is 0.187 e. The maximum atomic E-state index is 10.1. The molecule has 0 aromatic heterocycles. The molecule has 0 unspecified atom stereocenters. The number of hydrogen-bond donors (Lipinski definition) is 5. The SMILES string of the molecule is CO[C@@H]1O[C@@H](C)[C@H](O)[C@@H](O[C@H]2O[C@@H](C)[C@@H](O)[C@@H](O)[C@@H]2O)[C@H]1O. The molecule has 2 aliphatic rings. The summed E-state index contributed by atoms with van der Waals surface area (Å²) in [6, 6.07) is 0. The lowest BCUT2D eigenvalue weighted by atomic mass is 9.97. The number of hydrogen-bond acceptors (Lipinski definition) is 9. The van der Waals surface area contributed by atoms with Crippen LogP contribution in [0.4, 0.5) is 0 Å². The van der Waals surface area contributed by atoms with Gasteiger partial charge in [0.1, 0.15) is 36.6 Å². The second-order valence-electron chi connectivity index (χ2n) is 5.71. The third kappa shape index (κ3) is 3.28. The van der Waals surface area contributed by atoms with E-state index in [9.17, 15) is 25.5 Å². The zero-order valence-electron chi connectivity index (χ0n) is 12.6. The highest BCUT2D eigenvalue weighted by atomic mass is 16.7. The van der Waals surface area contributed by atoms with Crippen LogP contribution < -0.4 is 0 Å². The fraction of sp³-hybridized carbons (Fsp3) is 1.00. The lowest BCUT2D eigenvalue weighted by Gasteiger charge is -2.45. The summed E-state index contributed by atoms with van der Waals surface area (Å²) >= 11 is 0. The second-order valence-corrected chi connectivity index (χ2v) is 5.71. The Balaban J connectivity index is 2.10. The van der Waals surface area contributed by atoms with Crippen molar-refractivity contribution in [1.82, 2.24) is 0 Å². The number of rotatable bonds is 3. The van der Waals surface area contributed by atoms with E-state index in [1.54, 1.807) is 6.92 Å². The molecule has 9 heteroatoms. The molecule has 2 heterocycles. The molecule has 0 bridgehead atoms. The normalized spacial score (nSPS) is 53.5. The summed E-state index contributed by atoms with van der Waals surface area (Å²) in [5, 5.41) is 49.6. The van der Waals surface area contributed by atoms with E-state index in [1.165, 1.54) is 14.0 Å². The minimum absolute atomic E-state index is 0.674. The highest BCUT2D eigenvalue weighted by molar-refractivity contribution is 4.92. The number of aliphatic hydroxyl groups excluding tert-OH is 5. The molecule has 2 aliphatic heterocycles. The van der Waals surface area contributed by atoms with Crippen LogP contribution in [0.3, 0.4) is 0 Å². The van der Waals surface area contributed by atoms with Crippen LogP contribution in [0.5, 0.6) is 0 Å². The number of methoxy groups -OCH3 is 1. The molecule has 2 fully saturated rings. The van der Waals surface area contributed by atoms with Crippen molar-refractivity contribution in [2.45, 2.75) is 75.3 Å². The van der Waals surface area contributed by atoms with Gasteiger partial charge in [-0.3, -0.25) is 0 Å². The van der Waals surface area contributed by atoms with Gasteiger partial charge in [0.15, 0.2) is 12.6 Å². The molecule has 0 aliphatic carbocycles. The molecule has 0 aromatic rings. The summed E-state index contributed by atoms with van der Waals surface area (Å²) in [6.07, 6.45) is -11.7. The Labute approximate surface area is 128 Å². The lowest BCUT2D eigenvalue weighted by Crippen LogP contribution is -2.63. The van der Waals surface area contributed by atoms with Crippen molar-refractivity contribution in [3.63, 3.8) is 0 Å². The average Bonchev–Trinajstić information content (AvgIpc) is 2.50. The molecular weight excluding hydrogens is 300 g/mol. The van der Waals surface area contributed by atoms with Gasteiger partial charge in [0.2, 0.25) is 0 Å². The lowest BCUT2D eigenvalue weighted by molar-refractivity contribution is -0.351. The van der Waals surface area contributed by atoms with Gasteiger partial charge in [0.25, 0.3) is 0 Å². The van der Waals surface area contributed by atoms with E-state index in [4.69, 9.17) is 18.9 Å². The molecule has 2 rings (SSSR count). The zero-order valence-corrected chi connectivity index (χ0v) is 12.6. The smallest absolute Gasteiger partial charge is 0.187 e. The molecule has 9 nitrogen and oxygen atoms in total. The third-order valence-electron chi connectivity index (χ3n) is 4.11. The first-order valence-corrected chi connectivity index (χ1v) is 7.17. The molecule has 0 spiro atoms. The van der Waals surface area contributed by atoms with Crippen LogP contribution in [0.25, 0.3) is 0 Å². The molecule has 0 amide bonds. The van der Waals surface area contributed by atoms with E-state index < -0.39 is 61.4 Å². The van der Waals surface area contributed by atoms with E-state index >= 15 is 0 Å². The first-order chi connectivity index (χ1) is 10.3. The predicted molar refractivity (Wildman–Crippen MR) is 70.6 cm³/mol. The minimum atomic E-state index is -1.52. The topological polar surface area (TPSA) is 138 Å². The Bertz CT molecular complexity index is 367. The van der Waals surface area contributed by atoms with Gasteiger partial charge in [-0.05, 0) is 13.8 Å². The zero-order chi connectivity index (χ0) is 16.6. The molecule has 22 heavy (non-hydrogen) atoms. The summed E-state index contributed by atoms with van der Waals surface area (Å²) in [5.41, 5.74) is 0. The second kappa shape index (κ2) is 7.04. The standard InChI is InChI=1S/C13H24O9/c1-4-6(14)8(16)9(17)13(21-4)22-11-7(15)5(2)20-12(19-3)10(11)18/h4-18H,1-3H3/t4-,5-,6+,7-,8+,9-,10+,11+,12+,13+/m0/s1. The fourth-order valence-corrected chi connectivity index (χ4v) is 2.63. The summed E-state index contributed by atoms with van der Waals surface area (Å²) in [5.74, 6) is 0. The largest absolute Gasteiger partial charge is 0.388 e. The van der Waals surface area contributed by atoms with Crippen molar-refractivity contribution in [2.75, 3.05) is 7.11 Å². The monoisotopic (exact) mass is 324 g/mol. The van der Waals surface area contributed by atoms with E-state index in [0.29, 0.717) is 0 Å². The van der Waals surface area contributed by atoms with Gasteiger partial charge in [-0.1, -0.05) is 0 Å². The Morgan fingerprint density at radius 2 is 1.23 bits per heavy atom. The molecule has 2 saturated heterocycles. The Morgan fingerprint density at radius 1 is 0.682 bits per heavy atom. The van der Waals surface area contributed by atoms with Crippen LogP contribution >= 0.6 is 0 Å². The maximum absolute atomic E-state index is 10.1. The van der Waals surface area contributed by atoms with Gasteiger partial charge >= 0.3 is 0 Å². The predicted octanol–water partition coefficient (Wildman–Crippen LogP) is -2.69. The minimum Gasteiger partial charge on any atom is -0.388 e. The molecule has 130 valence electrons. The Hall–Kier alpha value is -0.360. The first-order valence-electron chi connectivity index (χ1n) is 7.17. The third-order valence-corrected chi connectivity index (χ3v) is 4.11. The van der Waals surface area contributed by atoms with Crippen LogP contribution in [0.15, 0.2) is 0 Å². The molecule has 0 aromatic carbocycles. The summed E-state index contributed by atoms with van der Waals surface area (Å²) in [4.78, 5) is 0. The van der Waals surface area contributed by atoms with Gasteiger partial charge in [-0.2, -0.15) is 0 Å². The Morgan fingerprint density at radius 3 is 1.82 bits per heavy atom. The highest BCUT2D eigenvalue weighted by Gasteiger charge is 2.49. The number of ether oxygens (including phenoxy) is 4. The fourth-order valence-electron chi connectivity index (χ4n) is 2.63. The van der Waals surface area contributed by atoms with E-state index in [-0.39, 0.29) is 0 Å². The van der Waals surface area contributed by atoms with Crippen LogP contribution in [-0.2, 0) is 18.9 Å². The molecular formula is C13H24O9. The number of aliphatic hydroxyl groups is 5. The van der Waals surface area contributed by atoms with Crippen LogP contribution in [0.1, 0.15) is 13.8 Å². The van der Waals surface area contributed by atoms with Gasteiger partial charge < -0.3 is 44.5 Å². The van der Waals surface area contributed by atoms with E-state index in [1.807, 2.05) is 0 Å². The highest BCUT2D eigenvalue weighted by Crippen LogP contribution is 2.29. The molecule has 10 atom stereocenters. The van der Waals surface area contributed by atoms with Gasteiger partial charge in [0.05, 0.1) is 12.2 Å². The van der Waals surface area contributed by atoms with E-state index in [2.05, 4.69) is 0 Å². The summed E-state index contributed by atoms with van der Waals surface area (Å²) < 4.78 is 21.0. The average molecular weight is 324 g/mol. The van der Waals surface area contributed by atoms with Crippen molar-refractivity contribution in [3.05, 3.63) is 0 Å². The van der Waals surface area contributed by atoms with Crippen molar-refractivity contribution in [3.8, 4) is 0 Å². The van der Waals surface area contributed by atoms with Crippen molar-refractivity contribution < 1.29 is 44.5 Å². The van der Waals surface area contributed by atoms with Crippen LogP contribution in [0, 0.1) is 0 Å². The van der Waals surface area contributed by atoms with Gasteiger partial charge in [-0.25, -0.2) is 0 Å². The van der Waals surface area contributed by atoms with E-state index in [0.717, 1.165) is 0 Å². The van der Waals surface area contributed by atoms with Gasteiger partial charge in [0, 0.05) is 7.11 Å². The van der Waals surface area contributed by atoms with Crippen molar-refractivity contribution >= 4 is 0 Å². The molecule has 0 radical (unpaired) electrons. The molecule has 5 N–H and O–H groups in total. The summed E-state index contributed by atoms with van der Waals surface area (Å²) in [6.45, 7) is 3.09. The molecule has 0 saturated carbocycles. The van der Waals surface area contributed by atoms with Crippen LogP contribution in [-0.4, -0.2) is 94.1 Å². The van der Waals surface area contributed by atoms with Crippen molar-refractivity contribution in [1.29, 1.82) is 0 Å².